The van der Waals surface area contributed by atoms with Crippen molar-refractivity contribution in [2.75, 3.05) is 0 Å². The van der Waals surface area contributed by atoms with Gasteiger partial charge in [-0.25, -0.2) is 11.6 Å². The van der Waals surface area contributed by atoms with Crippen molar-refractivity contribution in [1.82, 2.24) is 0 Å². The minimum absolute atomic E-state index is 0. The minimum Gasteiger partial charge on any atom is -0.184 e. The van der Waals surface area contributed by atoms with E-state index < -0.39 is 0 Å². The average Bonchev–Trinajstić information content (AvgIpc) is 3.55. The molecule has 0 bridgehead atoms. The fourth-order valence-electron chi connectivity index (χ4n) is 3.20. The van der Waals surface area contributed by atoms with Gasteiger partial charge in [-0.2, -0.15) is 109 Å². The van der Waals surface area contributed by atoms with Gasteiger partial charge < -0.3 is 0 Å². The summed E-state index contributed by atoms with van der Waals surface area (Å²) in [6, 6.07) is 43.1. The molecule has 0 nitrogen and oxygen atoms in total. The first-order valence-electron chi connectivity index (χ1n) is 10.8. The third-order valence-electron chi connectivity index (χ3n) is 4.70. The predicted octanol–water partition coefficient (Wildman–Crippen LogP) is 7.65. The molecule has 35 heavy (non-hydrogen) atoms. The maximum atomic E-state index is 3.30. The molecule has 4 aromatic carbocycles. The number of benzene rings is 4. The Labute approximate surface area is 240 Å². The molecule has 0 N–H and O–H groups in total. The predicted molar refractivity (Wildman–Crippen MR) is 153 cm³/mol. The Bertz CT molecular complexity index is 982. The second-order valence-electron chi connectivity index (χ2n) is 7.02. The molecule has 0 fully saturated rings. The SMILES string of the molecule is CC1=[C-]CC=C1.Cl.Cl.[SiH2]=[Zr].[c-]1cccc2c1Cc1ccccc1-2.[c-]1ccccc1.[c-]1ccccc1. The van der Waals surface area contributed by atoms with Gasteiger partial charge in [-0.15, -0.1) is 36.8 Å². The van der Waals surface area contributed by atoms with E-state index in [1.54, 1.807) is 23.3 Å². The summed E-state index contributed by atoms with van der Waals surface area (Å²) in [5.41, 5.74) is 6.78. The van der Waals surface area contributed by atoms with Crippen molar-refractivity contribution in [2.24, 2.45) is 0 Å². The average molecular weight is 593 g/mol. The summed E-state index contributed by atoms with van der Waals surface area (Å²) in [6.07, 6.45) is 9.38. The molecule has 0 unspecified atom stereocenters. The molecular formula is C31H30Cl2SiZr-4. The standard InChI is InChI=1S/C13H9.C6H7.2C6H5.2ClH.H2Si.Zr/c1-3-7-12-10(5-1)9-11-6-2-4-8-13(11)12;1-6-4-2-3-5-6;2*1-2-4-6-5-3-1;;;;/h1-5,7-8H,9H2;2,4H,3H2,1H3;2*1-5H;2*1H;1H2;/q4*-1;;;;. The monoisotopic (exact) mass is 590 g/mol. The third kappa shape index (κ3) is 13.1. The molecule has 0 aromatic heterocycles. The van der Waals surface area contributed by atoms with Gasteiger partial charge in [0, 0.05) is 0 Å². The van der Waals surface area contributed by atoms with E-state index in [1.807, 2.05) is 73.6 Å². The number of hydrogen-bond acceptors (Lipinski definition) is 0. The van der Waals surface area contributed by atoms with Gasteiger partial charge in [-0.05, 0) is 6.42 Å². The topological polar surface area (TPSA) is 0 Å². The van der Waals surface area contributed by atoms with E-state index in [1.165, 1.54) is 27.8 Å². The molecule has 0 atom stereocenters. The first kappa shape index (κ1) is 33.0. The summed E-state index contributed by atoms with van der Waals surface area (Å²) in [6.45, 7) is 4.01. The number of halogens is 2. The smallest absolute Gasteiger partial charge is 0.0253 e. The first-order chi connectivity index (χ1) is 16.3. The third-order valence-corrected chi connectivity index (χ3v) is 4.70. The van der Waals surface area contributed by atoms with Crippen molar-refractivity contribution in [3.8, 4) is 11.1 Å². The zero-order valence-corrected chi connectivity index (χ0v) is 25.4. The first-order valence-corrected chi connectivity index (χ1v) is 16.8. The summed E-state index contributed by atoms with van der Waals surface area (Å²) in [7, 11) is 0. The second-order valence-corrected chi connectivity index (χ2v) is 7.02. The van der Waals surface area contributed by atoms with E-state index in [9.17, 15) is 0 Å². The maximum absolute atomic E-state index is 3.30. The number of hydrogen-bond donors (Lipinski definition) is 0. The van der Waals surface area contributed by atoms with Crippen LogP contribution in [0, 0.1) is 24.3 Å². The van der Waals surface area contributed by atoms with Crippen LogP contribution in [0.15, 0.2) is 121 Å². The molecule has 0 spiro atoms. The fraction of sp³-hybridized carbons (Fsp3) is 0.0968. The molecule has 0 aliphatic heterocycles. The normalized spacial score (nSPS) is 10.6. The Morgan fingerprint density at radius 1 is 0.686 bits per heavy atom. The van der Waals surface area contributed by atoms with E-state index in [0.29, 0.717) is 0 Å². The molecule has 4 aromatic rings. The van der Waals surface area contributed by atoms with Crippen LogP contribution in [0.3, 0.4) is 0 Å². The van der Waals surface area contributed by atoms with E-state index in [4.69, 9.17) is 0 Å². The largest absolute Gasteiger partial charge is 0.184 e. The Kier molecular flexibility index (Phi) is 20.1. The molecule has 6 rings (SSSR count). The van der Waals surface area contributed by atoms with Crippen LogP contribution in [-0.4, -0.2) is 6.88 Å². The Morgan fingerprint density at radius 3 is 1.69 bits per heavy atom. The Morgan fingerprint density at radius 2 is 1.26 bits per heavy atom. The van der Waals surface area contributed by atoms with Crippen molar-refractivity contribution in [3.05, 3.63) is 156 Å². The Hall–Kier alpha value is -1.96. The van der Waals surface area contributed by atoms with Crippen molar-refractivity contribution >= 4 is 31.7 Å². The summed E-state index contributed by atoms with van der Waals surface area (Å²) in [5.74, 6) is 0. The molecule has 0 saturated carbocycles. The van der Waals surface area contributed by atoms with Crippen LogP contribution in [0.2, 0.25) is 0 Å². The molecule has 0 heterocycles. The van der Waals surface area contributed by atoms with Crippen molar-refractivity contribution in [3.63, 3.8) is 0 Å². The molecule has 2 aliphatic carbocycles. The number of fused-ring (bicyclic) bond motifs is 3. The Balaban J connectivity index is 0.000000453. The summed E-state index contributed by atoms with van der Waals surface area (Å²) >= 11 is 1.58. The quantitative estimate of drug-likeness (QED) is 0.128. The van der Waals surface area contributed by atoms with Gasteiger partial charge in [0.25, 0.3) is 0 Å². The van der Waals surface area contributed by atoms with Gasteiger partial charge in [-0.3, -0.25) is 6.08 Å². The molecule has 4 heteroatoms. The van der Waals surface area contributed by atoms with Crippen LogP contribution in [0.5, 0.6) is 0 Å². The minimum atomic E-state index is 0. The van der Waals surface area contributed by atoms with E-state index in [2.05, 4.69) is 79.7 Å². The van der Waals surface area contributed by atoms with E-state index in [0.717, 1.165) is 12.8 Å². The van der Waals surface area contributed by atoms with Crippen LogP contribution in [0.1, 0.15) is 24.5 Å². The molecular weight excluding hydrogens is 563 g/mol. The number of rotatable bonds is 0. The van der Waals surface area contributed by atoms with Gasteiger partial charge in [0.1, 0.15) is 0 Å². The second kappa shape index (κ2) is 21.3. The van der Waals surface area contributed by atoms with E-state index >= 15 is 0 Å². The van der Waals surface area contributed by atoms with Gasteiger partial charge in [-0.1, -0.05) is 42.3 Å². The molecule has 0 radical (unpaired) electrons. The molecule has 2 aliphatic rings. The zero-order chi connectivity index (χ0) is 23.6. The zero-order valence-electron chi connectivity index (χ0n) is 19.9. The van der Waals surface area contributed by atoms with Gasteiger partial charge in [0.2, 0.25) is 0 Å². The fourth-order valence-corrected chi connectivity index (χ4v) is 3.20. The van der Waals surface area contributed by atoms with Crippen LogP contribution in [0.4, 0.5) is 0 Å². The van der Waals surface area contributed by atoms with Crippen molar-refractivity contribution in [1.29, 1.82) is 0 Å². The molecule has 0 amide bonds. The molecule has 0 saturated heterocycles. The van der Waals surface area contributed by atoms with Crippen LogP contribution >= 0.6 is 24.8 Å². The molecule has 180 valence electrons. The van der Waals surface area contributed by atoms with Crippen molar-refractivity contribution < 1.29 is 23.3 Å². The summed E-state index contributed by atoms with van der Waals surface area (Å²) in [4.78, 5) is 0. The van der Waals surface area contributed by atoms with Crippen molar-refractivity contribution in [2.45, 2.75) is 19.8 Å². The van der Waals surface area contributed by atoms with Crippen LogP contribution in [-0.2, 0) is 29.8 Å². The summed E-state index contributed by atoms with van der Waals surface area (Å²) < 4.78 is 0. The number of allylic oxidation sites excluding steroid dienone is 4. The van der Waals surface area contributed by atoms with Gasteiger partial charge >= 0.3 is 30.2 Å². The van der Waals surface area contributed by atoms with Crippen LogP contribution < -0.4 is 0 Å². The maximum Gasteiger partial charge on any atom is -0.0253 e. The van der Waals surface area contributed by atoms with E-state index in [-0.39, 0.29) is 24.8 Å². The van der Waals surface area contributed by atoms with Gasteiger partial charge in [0.05, 0.1) is 0 Å². The van der Waals surface area contributed by atoms with Crippen LogP contribution in [0.25, 0.3) is 11.1 Å². The summed E-state index contributed by atoms with van der Waals surface area (Å²) in [5, 5.41) is 0. The van der Waals surface area contributed by atoms with Gasteiger partial charge in [0.15, 0.2) is 0 Å².